The minimum atomic E-state index is 0.323. The number of thioether (sulfide) groups is 1. The lowest BCUT2D eigenvalue weighted by Crippen LogP contribution is -1.92. The molecule has 0 unspecified atom stereocenters. The predicted octanol–water partition coefficient (Wildman–Crippen LogP) is 4.57. The van der Waals surface area contributed by atoms with Crippen LogP contribution in [0.5, 0.6) is 0 Å². The van der Waals surface area contributed by atoms with Gasteiger partial charge in [-0.1, -0.05) is 63.3 Å². The van der Waals surface area contributed by atoms with Crippen LogP contribution < -0.4 is 0 Å². The fourth-order valence-corrected chi connectivity index (χ4v) is 2.04. The third kappa shape index (κ3) is 11.7. The normalized spacial score (nSPS) is 10.2. The Kier molecular flexibility index (Phi) is 11.6. The summed E-state index contributed by atoms with van der Waals surface area (Å²) in [7, 11) is 0. The highest BCUT2D eigenvalue weighted by molar-refractivity contribution is 8.13. The van der Waals surface area contributed by atoms with Gasteiger partial charge in [-0.15, -0.1) is 6.58 Å². The first kappa shape index (κ1) is 14.8. The zero-order valence-electron chi connectivity index (χ0n) is 9.96. The molecular weight excluding hydrogens is 204 g/mol. The van der Waals surface area contributed by atoms with Crippen LogP contribution in [-0.2, 0) is 4.79 Å². The van der Waals surface area contributed by atoms with E-state index in [0.29, 0.717) is 5.12 Å². The first-order chi connectivity index (χ1) is 7.31. The maximum atomic E-state index is 11.3. The molecule has 0 aliphatic rings. The summed E-state index contributed by atoms with van der Waals surface area (Å²) in [5.41, 5.74) is 0. The number of carbonyl (C=O) groups is 1. The fourth-order valence-electron chi connectivity index (χ4n) is 1.45. The molecule has 0 heterocycles. The number of hydrogen-bond acceptors (Lipinski definition) is 2. The van der Waals surface area contributed by atoms with Crippen molar-refractivity contribution < 1.29 is 4.79 Å². The predicted molar refractivity (Wildman–Crippen MR) is 70.3 cm³/mol. The van der Waals surface area contributed by atoms with Crippen molar-refractivity contribution in [2.24, 2.45) is 0 Å². The van der Waals surface area contributed by atoms with Gasteiger partial charge in [-0.25, -0.2) is 0 Å². The van der Waals surface area contributed by atoms with E-state index in [1.807, 2.05) is 0 Å². The minimum Gasteiger partial charge on any atom is -0.287 e. The van der Waals surface area contributed by atoms with E-state index in [0.717, 1.165) is 18.6 Å². The van der Waals surface area contributed by atoms with Crippen LogP contribution in [0.2, 0.25) is 0 Å². The van der Waals surface area contributed by atoms with Crippen LogP contribution in [-0.4, -0.2) is 10.9 Å². The van der Waals surface area contributed by atoms with E-state index in [1.54, 1.807) is 6.08 Å². The van der Waals surface area contributed by atoms with Crippen molar-refractivity contribution in [1.82, 2.24) is 0 Å². The quantitative estimate of drug-likeness (QED) is 0.402. The van der Waals surface area contributed by atoms with Gasteiger partial charge in [0.2, 0.25) is 0 Å². The molecule has 15 heavy (non-hydrogen) atoms. The van der Waals surface area contributed by atoms with E-state index in [4.69, 9.17) is 0 Å². The number of unbranched alkanes of at least 4 members (excludes halogenated alkanes) is 6. The van der Waals surface area contributed by atoms with Crippen molar-refractivity contribution in [3.8, 4) is 0 Å². The maximum absolute atomic E-state index is 11.3. The zero-order chi connectivity index (χ0) is 11.4. The Labute approximate surface area is 98.7 Å². The first-order valence-corrected chi connectivity index (χ1v) is 7.06. The molecule has 0 aliphatic carbocycles. The smallest absolute Gasteiger partial charge is 0.189 e. The molecule has 0 saturated heterocycles. The van der Waals surface area contributed by atoms with Gasteiger partial charge in [-0.05, 0) is 6.42 Å². The van der Waals surface area contributed by atoms with Crippen LogP contribution >= 0.6 is 11.8 Å². The Morgan fingerprint density at radius 3 is 2.33 bits per heavy atom. The molecule has 0 aromatic rings. The van der Waals surface area contributed by atoms with E-state index < -0.39 is 0 Å². The second-order valence-electron chi connectivity index (χ2n) is 3.84. The summed E-state index contributed by atoms with van der Waals surface area (Å²) >= 11 is 1.39. The topological polar surface area (TPSA) is 17.1 Å². The van der Waals surface area contributed by atoms with Crippen LogP contribution in [0.25, 0.3) is 0 Å². The molecule has 88 valence electrons. The van der Waals surface area contributed by atoms with E-state index in [-0.39, 0.29) is 0 Å². The molecule has 0 saturated carbocycles. The number of hydrogen-bond donors (Lipinski definition) is 0. The standard InChI is InChI=1S/C13H24OS/c1-3-5-6-7-8-9-10-11-13(14)15-12-4-2/h4H,2-3,5-12H2,1H3. The summed E-state index contributed by atoms with van der Waals surface area (Å²) in [4.78, 5) is 11.3. The monoisotopic (exact) mass is 228 g/mol. The Balaban J connectivity index is 3.09. The van der Waals surface area contributed by atoms with Crippen molar-refractivity contribution in [1.29, 1.82) is 0 Å². The van der Waals surface area contributed by atoms with Gasteiger partial charge in [0, 0.05) is 12.2 Å². The largest absolute Gasteiger partial charge is 0.287 e. The Morgan fingerprint density at radius 2 is 1.73 bits per heavy atom. The van der Waals surface area contributed by atoms with E-state index >= 15 is 0 Å². The van der Waals surface area contributed by atoms with Crippen LogP contribution in [0.15, 0.2) is 12.7 Å². The average molecular weight is 228 g/mol. The zero-order valence-corrected chi connectivity index (χ0v) is 10.8. The highest BCUT2D eigenvalue weighted by atomic mass is 32.2. The second-order valence-corrected chi connectivity index (χ2v) is 4.92. The Bertz CT molecular complexity index is 166. The third-order valence-electron chi connectivity index (χ3n) is 2.35. The van der Waals surface area contributed by atoms with Gasteiger partial charge < -0.3 is 0 Å². The lowest BCUT2D eigenvalue weighted by molar-refractivity contribution is -0.111. The molecule has 0 rings (SSSR count). The molecule has 0 aliphatic heterocycles. The molecule has 0 aromatic heterocycles. The van der Waals surface area contributed by atoms with E-state index in [1.165, 1.54) is 50.3 Å². The summed E-state index contributed by atoms with van der Waals surface area (Å²) in [6, 6.07) is 0. The van der Waals surface area contributed by atoms with Crippen molar-refractivity contribution in [3.05, 3.63) is 12.7 Å². The molecule has 1 nitrogen and oxygen atoms in total. The molecule has 0 radical (unpaired) electrons. The Hall–Kier alpha value is -0.240. The molecule has 0 aromatic carbocycles. The molecule has 0 spiro atoms. The highest BCUT2D eigenvalue weighted by Crippen LogP contribution is 2.12. The van der Waals surface area contributed by atoms with Gasteiger partial charge in [0.15, 0.2) is 5.12 Å². The first-order valence-electron chi connectivity index (χ1n) is 6.07. The molecule has 0 N–H and O–H groups in total. The number of rotatable bonds is 10. The lowest BCUT2D eigenvalue weighted by Gasteiger charge is -2.00. The van der Waals surface area contributed by atoms with Crippen LogP contribution in [0, 0.1) is 0 Å². The highest BCUT2D eigenvalue weighted by Gasteiger charge is 2.00. The lowest BCUT2D eigenvalue weighted by atomic mass is 10.1. The van der Waals surface area contributed by atoms with Gasteiger partial charge >= 0.3 is 0 Å². The van der Waals surface area contributed by atoms with Gasteiger partial charge in [0.1, 0.15) is 0 Å². The minimum absolute atomic E-state index is 0.323. The summed E-state index contributed by atoms with van der Waals surface area (Å²) in [6.45, 7) is 5.83. The van der Waals surface area contributed by atoms with Crippen molar-refractivity contribution in [2.75, 3.05) is 5.75 Å². The van der Waals surface area contributed by atoms with Crippen molar-refractivity contribution in [3.63, 3.8) is 0 Å². The maximum Gasteiger partial charge on any atom is 0.189 e. The molecule has 0 amide bonds. The van der Waals surface area contributed by atoms with Crippen LogP contribution in [0.4, 0.5) is 0 Å². The summed E-state index contributed by atoms with van der Waals surface area (Å²) < 4.78 is 0. The summed E-state index contributed by atoms with van der Waals surface area (Å²) in [5.74, 6) is 0.759. The third-order valence-corrected chi connectivity index (χ3v) is 3.28. The summed E-state index contributed by atoms with van der Waals surface area (Å²) in [5, 5.41) is 0.323. The van der Waals surface area contributed by atoms with Gasteiger partial charge in [-0.3, -0.25) is 4.79 Å². The van der Waals surface area contributed by atoms with Crippen molar-refractivity contribution >= 4 is 16.9 Å². The number of carbonyl (C=O) groups excluding carboxylic acids is 1. The van der Waals surface area contributed by atoms with Gasteiger partial charge in [0.05, 0.1) is 0 Å². The molecular formula is C13H24OS. The molecule has 0 bridgehead atoms. The van der Waals surface area contributed by atoms with Crippen LogP contribution in [0.1, 0.15) is 58.3 Å². The van der Waals surface area contributed by atoms with E-state index in [9.17, 15) is 4.79 Å². The molecule has 0 atom stereocenters. The van der Waals surface area contributed by atoms with Gasteiger partial charge in [0.25, 0.3) is 0 Å². The van der Waals surface area contributed by atoms with Gasteiger partial charge in [-0.2, -0.15) is 0 Å². The molecule has 0 fully saturated rings. The Morgan fingerprint density at radius 1 is 1.13 bits per heavy atom. The fraction of sp³-hybridized carbons (Fsp3) is 0.769. The summed E-state index contributed by atoms with van der Waals surface area (Å²) in [6.07, 6.45) is 11.4. The SMILES string of the molecule is C=CCSC(=O)CCCCCCCCC. The molecule has 2 heteroatoms. The van der Waals surface area contributed by atoms with E-state index in [2.05, 4.69) is 13.5 Å². The second kappa shape index (κ2) is 11.8. The average Bonchev–Trinajstić information content (AvgIpc) is 2.25. The van der Waals surface area contributed by atoms with Crippen LogP contribution in [0.3, 0.4) is 0 Å². The van der Waals surface area contributed by atoms with Crippen molar-refractivity contribution in [2.45, 2.75) is 58.3 Å².